The summed E-state index contributed by atoms with van der Waals surface area (Å²) >= 11 is 1.33. The van der Waals surface area contributed by atoms with E-state index in [1.165, 1.54) is 29.0 Å². The lowest BCUT2D eigenvalue weighted by Gasteiger charge is -2.32. The number of likely N-dealkylation sites (tertiary alicyclic amines) is 1. The van der Waals surface area contributed by atoms with Crippen LogP contribution in [0.5, 0.6) is 5.75 Å². The molecule has 0 saturated carbocycles. The van der Waals surface area contributed by atoms with Crippen LogP contribution in [0.25, 0.3) is 16.4 Å². The van der Waals surface area contributed by atoms with Crippen LogP contribution in [0.2, 0.25) is 0 Å². The molecule has 214 valence electrons. The van der Waals surface area contributed by atoms with Crippen molar-refractivity contribution in [3.05, 3.63) is 82.5 Å². The Hall–Kier alpha value is -4.19. The molecule has 1 N–H and O–H groups in total. The first kappa shape index (κ1) is 28.3. The Morgan fingerprint density at radius 1 is 1.10 bits per heavy atom. The Labute approximate surface area is 238 Å². The van der Waals surface area contributed by atoms with Crippen LogP contribution in [0.15, 0.2) is 60.1 Å². The first-order chi connectivity index (χ1) is 19.7. The molecule has 0 aliphatic carbocycles. The average Bonchev–Trinajstić information content (AvgIpc) is 3.64. The summed E-state index contributed by atoms with van der Waals surface area (Å²) in [5, 5.41) is 14.7. The van der Waals surface area contributed by atoms with Gasteiger partial charge >= 0.3 is 12.1 Å². The maximum absolute atomic E-state index is 13.7. The first-order valence-corrected chi connectivity index (χ1v) is 14.0. The molecule has 4 heterocycles. The van der Waals surface area contributed by atoms with Crippen molar-refractivity contribution in [1.29, 1.82) is 0 Å². The number of aromatic carboxylic acids is 1. The molecule has 0 bridgehead atoms. The quantitative estimate of drug-likeness (QED) is 0.257. The molecule has 0 radical (unpaired) electrons. The fourth-order valence-electron chi connectivity index (χ4n) is 4.95. The number of nitrogens with zero attached hydrogens (tertiary/aromatic N) is 4. The molecule has 1 aliphatic rings. The number of ether oxygens (including phenoxy) is 1. The third kappa shape index (κ3) is 6.12. The standard InChI is InChI=1S/C29H27F3N4O4S/c1-2-25(37)35-13-10-20(11-14-35)19-8-6-18(7-9-19)17-40-23-12-15-41-26(23)22-4-3-5-24(34-22)36-27(29(30,31)32)21(16-33-36)28(38)39/h3-9,12,15-16,20H,2,10-11,13-14,17H2,1H3,(H,38,39). The van der Waals surface area contributed by atoms with E-state index in [0.717, 1.165) is 31.5 Å². The van der Waals surface area contributed by atoms with Crippen molar-refractivity contribution in [1.82, 2.24) is 19.7 Å². The number of benzene rings is 1. The number of aromatic nitrogens is 3. The molecule has 4 aromatic rings. The topological polar surface area (TPSA) is 97.6 Å². The van der Waals surface area contributed by atoms with Crippen molar-refractivity contribution in [2.24, 2.45) is 0 Å². The number of carboxylic acid groups (broad SMARTS) is 1. The predicted octanol–water partition coefficient (Wildman–Crippen LogP) is 6.41. The number of piperidine rings is 1. The molecule has 1 fully saturated rings. The predicted molar refractivity (Wildman–Crippen MR) is 146 cm³/mol. The van der Waals surface area contributed by atoms with E-state index in [0.29, 0.717) is 39.5 Å². The molecule has 0 atom stereocenters. The summed E-state index contributed by atoms with van der Waals surface area (Å²) in [7, 11) is 0. The Bertz CT molecular complexity index is 1540. The van der Waals surface area contributed by atoms with Crippen molar-refractivity contribution in [3.63, 3.8) is 0 Å². The average molecular weight is 585 g/mol. The van der Waals surface area contributed by atoms with E-state index in [-0.39, 0.29) is 18.3 Å². The number of carbonyl (C=O) groups excluding carboxylic acids is 1. The van der Waals surface area contributed by atoms with Gasteiger partial charge in [-0.3, -0.25) is 4.79 Å². The second-order valence-electron chi connectivity index (χ2n) is 9.66. The summed E-state index contributed by atoms with van der Waals surface area (Å²) in [6.07, 6.45) is -1.87. The van der Waals surface area contributed by atoms with Crippen LogP contribution in [0.3, 0.4) is 0 Å². The van der Waals surface area contributed by atoms with E-state index in [1.54, 1.807) is 17.5 Å². The minimum absolute atomic E-state index is 0.165. The molecular weight excluding hydrogens is 557 g/mol. The summed E-state index contributed by atoms with van der Waals surface area (Å²) in [6.45, 7) is 3.72. The van der Waals surface area contributed by atoms with Crippen molar-refractivity contribution >= 4 is 23.2 Å². The lowest BCUT2D eigenvalue weighted by atomic mass is 9.89. The van der Waals surface area contributed by atoms with Gasteiger partial charge in [-0.25, -0.2) is 14.5 Å². The molecule has 1 aromatic carbocycles. The summed E-state index contributed by atoms with van der Waals surface area (Å²) in [5.74, 6) is -0.755. The Balaban J connectivity index is 1.28. The molecule has 1 aliphatic heterocycles. The van der Waals surface area contributed by atoms with E-state index in [4.69, 9.17) is 4.74 Å². The second kappa shape index (κ2) is 11.7. The lowest BCUT2D eigenvalue weighted by molar-refractivity contribution is -0.143. The number of carbonyl (C=O) groups is 2. The Kier molecular flexibility index (Phi) is 8.11. The monoisotopic (exact) mass is 584 g/mol. The summed E-state index contributed by atoms with van der Waals surface area (Å²) < 4.78 is 47.6. The van der Waals surface area contributed by atoms with Crippen molar-refractivity contribution in [2.75, 3.05) is 13.1 Å². The van der Waals surface area contributed by atoms with Gasteiger partial charge in [-0.2, -0.15) is 18.3 Å². The molecular formula is C29H27F3N4O4S. The van der Waals surface area contributed by atoms with E-state index in [1.807, 2.05) is 24.0 Å². The van der Waals surface area contributed by atoms with Crippen LogP contribution in [-0.4, -0.2) is 49.7 Å². The largest absolute Gasteiger partial charge is 0.487 e. The molecule has 8 nitrogen and oxygen atoms in total. The van der Waals surface area contributed by atoms with E-state index in [2.05, 4.69) is 22.2 Å². The third-order valence-corrected chi connectivity index (χ3v) is 8.00. The van der Waals surface area contributed by atoms with Gasteiger partial charge in [-0.1, -0.05) is 37.3 Å². The van der Waals surface area contributed by atoms with E-state index >= 15 is 0 Å². The number of carboxylic acids is 1. The maximum Gasteiger partial charge on any atom is 0.434 e. The number of alkyl halides is 3. The number of halogens is 3. The zero-order chi connectivity index (χ0) is 29.1. The zero-order valence-corrected chi connectivity index (χ0v) is 22.9. The zero-order valence-electron chi connectivity index (χ0n) is 22.1. The van der Waals surface area contributed by atoms with Gasteiger partial charge in [0.25, 0.3) is 0 Å². The van der Waals surface area contributed by atoms with Crippen LogP contribution in [0.4, 0.5) is 13.2 Å². The van der Waals surface area contributed by atoms with Crippen LogP contribution >= 0.6 is 11.3 Å². The van der Waals surface area contributed by atoms with Gasteiger partial charge in [0.05, 0.1) is 16.8 Å². The van der Waals surface area contributed by atoms with Crippen LogP contribution in [0, 0.1) is 0 Å². The molecule has 41 heavy (non-hydrogen) atoms. The maximum atomic E-state index is 13.7. The number of hydrogen-bond donors (Lipinski definition) is 1. The van der Waals surface area contributed by atoms with Gasteiger partial charge < -0.3 is 14.7 Å². The Morgan fingerprint density at radius 2 is 1.83 bits per heavy atom. The fourth-order valence-corrected chi connectivity index (χ4v) is 5.76. The van der Waals surface area contributed by atoms with Gasteiger partial charge in [0.15, 0.2) is 11.5 Å². The highest BCUT2D eigenvalue weighted by molar-refractivity contribution is 7.14. The number of hydrogen-bond acceptors (Lipinski definition) is 6. The van der Waals surface area contributed by atoms with Gasteiger partial charge in [0.1, 0.15) is 17.9 Å². The third-order valence-electron chi connectivity index (χ3n) is 7.08. The highest BCUT2D eigenvalue weighted by Crippen LogP contribution is 2.37. The molecule has 0 unspecified atom stereocenters. The minimum Gasteiger partial charge on any atom is -0.487 e. The number of thiophene rings is 1. The van der Waals surface area contributed by atoms with Gasteiger partial charge in [-0.05, 0) is 53.5 Å². The van der Waals surface area contributed by atoms with Crippen molar-refractivity contribution < 1.29 is 32.6 Å². The van der Waals surface area contributed by atoms with Gasteiger partial charge in [-0.15, -0.1) is 11.3 Å². The van der Waals surface area contributed by atoms with Crippen molar-refractivity contribution in [2.45, 2.75) is 44.9 Å². The molecule has 1 amide bonds. The van der Waals surface area contributed by atoms with Crippen molar-refractivity contribution in [3.8, 4) is 22.1 Å². The number of rotatable bonds is 8. The second-order valence-corrected chi connectivity index (χ2v) is 10.6. The lowest BCUT2D eigenvalue weighted by Crippen LogP contribution is -2.37. The van der Waals surface area contributed by atoms with E-state index < -0.39 is 23.4 Å². The highest BCUT2D eigenvalue weighted by atomic mass is 32.1. The van der Waals surface area contributed by atoms with Crippen LogP contribution in [0.1, 0.15) is 59.3 Å². The molecule has 12 heteroatoms. The molecule has 0 spiro atoms. The van der Waals surface area contributed by atoms with Gasteiger partial charge in [0, 0.05) is 19.5 Å². The Morgan fingerprint density at radius 3 is 2.49 bits per heavy atom. The molecule has 3 aromatic heterocycles. The van der Waals surface area contributed by atoms with Gasteiger partial charge in [0.2, 0.25) is 5.91 Å². The van der Waals surface area contributed by atoms with Crippen LogP contribution in [-0.2, 0) is 17.6 Å². The SMILES string of the molecule is CCC(=O)N1CCC(c2ccc(COc3ccsc3-c3cccc(-n4ncc(C(=O)O)c4C(F)(F)F)n3)cc2)CC1. The van der Waals surface area contributed by atoms with Crippen LogP contribution < -0.4 is 4.74 Å². The molecule has 5 rings (SSSR count). The smallest absolute Gasteiger partial charge is 0.434 e. The normalized spacial score (nSPS) is 14.3. The summed E-state index contributed by atoms with van der Waals surface area (Å²) in [4.78, 5) is 30.2. The summed E-state index contributed by atoms with van der Waals surface area (Å²) in [6, 6.07) is 14.5. The first-order valence-electron chi connectivity index (χ1n) is 13.1. The number of pyridine rings is 1. The van der Waals surface area contributed by atoms with E-state index in [9.17, 15) is 27.9 Å². The summed E-state index contributed by atoms with van der Waals surface area (Å²) in [5.41, 5.74) is 0.209. The minimum atomic E-state index is -4.94. The fraction of sp³-hybridized carbons (Fsp3) is 0.310. The number of amides is 1. The molecule has 1 saturated heterocycles. The highest BCUT2D eigenvalue weighted by Gasteiger charge is 2.41.